The van der Waals surface area contributed by atoms with E-state index in [2.05, 4.69) is 82.3 Å². The summed E-state index contributed by atoms with van der Waals surface area (Å²) in [5.74, 6) is 0.468. The average Bonchev–Trinajstić information content (AvgIpc) is 3.04. The van der Waals surface area contributed by atoms with Crippen LogP contribution in [0.5, 0.6) is 0 Å². The second-order valence-corrected chi connectivity index (χ2v) is 11.8. The molecule has 2 aliphatic rings. The van der Waals surface area contributed by atoms with Crippen LogP contribution in [0.1, 0.15) is 53.1 Å². The molecule has 3 amide bonds. The average molecular weight is 600 g/mol. The van der Waals surface area contributed by atoms with Crippen molar-refractivity contribution in [2.45, 2.75) is 38.1 Å². The lowest BCUT2D eigenvalue weighted by molar-refractivity contribution is -0.123. The van der Waals surface area contributed by atoms with E-state index in [1.54, 1.807) is 0 Å². The van der Waals surface area contributed by atoms with Crippen LogP contribution >= 0.6 is 0 Å². The number of nitrogens with zero attached hydrogens (tertiary/aromatic N) is 3. The second-order valence-electron chi connectivity index (χ2n) is 11.8. The summed E-state index contributed by atoms with van der Waals surface area (Å²) in [6.45, 7) is 6.33. The maximum absolute atomic E-state index is 13.1. The summed E-state index contributed by atoms with van der Waals surface area (Å²) in [7, 11) is 1.90. The molecule has 0 atom stereocenters. The fourth-order valence-corrected chi connectivity index (χ4v) is 6.20. The highest BCUT2D eigenvalue weighted by Gasteiger charge is 2.24. The largest absolute Gasteiger partial charge is 0.465 e. The molecule has 3 aromatic rings. The van der Waals surface area contributed by atoms with E-state index in [-0.39, 0.29) is 17.7 Å². The predicted octanol–water partition coefficient (Wildman–Crippen LogP) is 4.63. The molecule has 2 aliphatic heterocycles. The Labute approximate surface area is 260 Å². The van der Waals surface area contributed by atoms with Crippen LogP contribution in [0.25, 0.3) is 11.1 Å². The molecule has 0 aromatic heterocycles. The van der Waals surface area contributed by atoms with Gasteiger partial charge >= 0.3 is 6.09 Å². The first-order valence-electron chi connectivity index (χ1n) is 15.4. The predicted molar refractivity (Wildman–Crippen MR) is 173 cm³/mol. The van der Waals surface area contributed by atoms with Crippen LogP contribution in [-0.4, -0.2) is 84.0 Å². The molecule has 0 aliphatic carbocycles. The highest BCUT2D eigenvalue weighted by molar-refractivity contribution is 5.94. The number of likely N-dealkylation sites (N-methyl/N-ethyl adjacent to an activating group) is 1. The first-order chi connectivity index (χ1) is 21.2. The van der Waals surface area contributed by atoms with Gasteiger partial charge in [0.2, 0.25) is 5.91 Å². The molecule has 5 N–H and O–H groups in total. The van der Waals surface area contributed by atoms with Crippen LogP contribution < -0.4 is 11.5 Å². The first kappa shape index (κ1) is 32.7. The lowest BCUT2D eigenvalue weighted by atomic mass is 9.84. The highest BCUT2D eigenvalue weighted by Crippen LogP contribution is 2.35. The lowest BCUT2D eigenvalue weighted by Gasteiger charge is -2.34. The van der Waals surface area contributed by atoms with E-state index in [4.69, 9.17) is 15.6 Å². The summed E-state index contributed by atoms with van der Waals surface area (Å²) >= 11 is 0. The zero-order valence-corrected chi connectivity index (χ0v) is 25.6. The van der Waals surface area contributed by atoms with Crippen LogP contribution in [0.4, 0.5) is 4.79 Å². The SMILES string of the molecule is CN(CCN1CCC(c2ccccc2-c2ccccc2)CC1)C(=O)c1ccc(CN2CCC(C(N)=O)CC2)cc1.NC(=O)O. The minimum Gasteiger partial charge on any atom is -0.465 e. The van der Waals surface area contributed by atoms with Crippen molar-refractivity contribution in [3.63, 3.8) is 0 Å². The van der Waals surface area contributed by atoms with Gasteiger partial charge in [-0.3, -0.25) is 14.5 Å². The Kier molecular flexibility index (Phi) is 11.9. The normalized spacial score (nSPS) is 16.5. The number of carbonyl (C=O) groups is 3. The van der Waals surface area contributed by atoms with Crippen molar-refractivity contribution < 1.29 is 19.5 Å². The molecule has 9 nitrogen and oxygen atoms in total. The van der Waals surface area contributed by atoms with Gasteiger partial charge in [0, 0.05) is 38.2 Å². The van der Waals surface area contributed by atoms with Gasteiger partial charge in [-0.15, -0.1) is 0 Å². The van der Waals surface area contributed by atoms with E-state index in [1.807, 2.05) is 24.1 Å². The van der Waals surface area contributed by atoms with Crippen molar-refractivity contribution in [1.82, 2.24) is 14.7 Å². The Balaban J connectivity index is 0.00000104. The van der Waals surface area contributed by atoms with Crippen LogP contribution in [-0.2, 0) is 11.3 Å². The number of amides is 3. The summed E-state index contributed by atoms with van der Waals surface area (Å²) in [5.41, 5.74) is 15.5. The molecular formula is C35H45N5O4. The number of rotatable bonds is 9. The van der Waals surface area contributed by atoms with E-state index in [0.717, 1.165) is 77.1 Å². The zero-order valence-electron chi connectivity index (χ0n) is 25.6. The second kappa shape index (κ2) is 16.0. The van der Waals surface area contributed by atoms with E-state index < -0.39 is 6.09 Å². The molecule has 234 valence electrons. The number of nitrogens with two attached hydrogens (primary N) is 2. The minimum absolute atomic E-state index is 0.00880. The maximum Gasteiger partial charge on any atom is 0.402 e. The quantitative estimate of drug-likeness (QED) is 0.329. The number of likely N-dealkylation sites (tertiary alicyclic amines) is 2. The standard InChI is InChI=1S/C34H42N4O2.CH3NO2/c1-36(34(40)30-13-11-26(12-14-30)25-38-21-17-29(18-22-38)33(35)39)23-24-37-19-15-28(16-20-37)32-10-6-5-9-31(32)27-7-3-2-4-8-27;2-1(3)4/h2-14,28-29H,15-25H2,1H3,(H2,35,39);2H2,(H,3,4). The van der Waals surface area contributed by atoms with E-state index in [9.17, 15) is 9.59 Å². The smallest absolute Gasteiger partial charge is 0.402 e. The van der Waals surface area contributed by atoms with Crippen molar-refractivity contribution in [2.75, 3.05) is 46.3 Å². The third-order valence-electron chi connectivity index (χ3n) is 8.77. The fourth-order valence-electron chi connectivity index (χ4n) is 6.20. The van der Waals surface area contributed by atoms with Crippen LogP contribution in [0.15, 0.2) is 78.9 Å². The molecular weight excluding hydrogens is 554 g/mol. The molecule has 5 rings (SSSR count). The molecule has 2 saturated heterocycles. The van der Waals surface area contributed by atoms with E-state index in [0.29, 0.717) is 5.92 Å². The van der Waals surface area contributed by atoms with Crippen LogP contribution in [0.2, 0.25) is 0 Å². The van der Waals surface area contributed by atoms with Gasteiger partial charge in [0.15, 0.2) is 0 Å². The molecule has 2 heterocycles. The third-order valence-corrected chi connectivity index (χ3v) is 8.77. The van der Waals surface area contributed by atoms with Crippen LogP contribution in [0.3, 0.4) is 0 Å². The number of piperidine rings is 2. The molecule has 9 heteroatoms. The summed E-state index contributed by atoms with van der Waals surface area (Å²) in [6, 6.07) is 27.5. The number of carbonyl (C=O) groups excluding carboxylic acids is 2. The Morgan fingerprint density at radius 1 is 0.795 bits per heavy atom. The monoisotopic (exact) mass is 599 g/mol. The molecule has 0 saturated carbocycles. The molecule has 0 spiro atoms. The number of benzene rings is 3. The third kappa shape index (κ3) is 9.39. The van der Waals surface area contributed by atoms with Gasteiger partial charge in [-0.25, -0.2) is 4.79 Å². The number of hydrogen-bond donors (Lipinski definition) is 3. The molecule has 0 radical (unpaired) electrons. The fraction of sp³-hybridized carbons (Fsp3) is 0.400. The Bertz CT molecular complexity index is 1360. The van der Waals surface area contributed by atoms with Crippen molar-refractivity contribution in [3.8, 4) is 11.1 Å². The van der Waals surface area contributed by atoms with Crippen molar-refractivity contribution in [1.29, 1.82) is 0 Å². The van der Waals surface area contributed by atoms with E-state index >= 15 is 0 Å². The lowest BCUT2D eigenvalue weighted by Crippen LogP contribution is -2.40. The van der Waals surface area contributed by atoms with Gasteiger partial charge in [-0.2, -0.15) is 0 Å². The molecule has 2 fully saturated rings. The molecule has 44 heavy (non-hydrogen) atoms. The summed E-state index contributed by atoms with van der Waals surface area (Å²) < 4.78 is 0. The van der Waals surface area contributed by atoms with Gasteiger partial charge in [0.25, 0.3) is 5.91 Å². The molecule has 0 bridgehead atoms. The Morgan fingerprint density at radius 2 is 1.36 bits per heavy atom. The molecule has 0 unspecified atom stereocenters. The Hall–Kier alpha value is -4.21. The summed E-state index contributed by atoms with van der Waals surface area (Å²) in [4.78, 5) is 40.0. The van der Waals surface area contributed by atoms with Gasteiger partial charge in [-0.05, 0) is 92.2 Å². The number of primary amides is 2. The minimum atomic E-state index is -1.33. The van der Waals surface area contributed by atoms with Gasteiger partial charge in [0.05, 0.1) is 0 Å². The topological polar surface area (TPSA) is 133 Å². The first-order valence-corrected chi connectivity index (χ1v) is 15.4. The van der Waals surface area contributed by atoms with E-state index in [1.165, 1.54) is 22.3 Å². The Morgan fingerprint density at radius 3 is 1.98 bits per heavy atom. The summed E-state index contributed by atoms with van der Waals surface area (Å²) in [6.07, 6.45) is 2.61. The summed E-state index contributed by atoms with van der Waals surface area (Å²) in [5, 5.41) is 7.19. The van der Waals surface area contributed by atoms with Crippen molar-refractivity contribution in [2.24, 2.45) is 17.4 Å². The van der Waals surface area contributed by atoms with Crippen molar-refractivity contribution >= 4 is 17.9 Å². The zero-order chi connectivity index (χ0) is 31.5. The molecule has 3 aromatic carbocycles. The van der Waals surface area contributed by atoms with Gasteiger partial charge in [-0.1, -0.05) is 66.7 Å². The number of hydrogen-bond acceptors (Lipinski definition) is 5. The van der Waals surface area contributed by atoms with Crippen molar-refractivity contribution in [3.05, 3.63) is 95.6 Å². The van der Waals surface area contributed by atoms with Gasteiger partial charge < -0.3 is 26.4 Å². The van der Waals surface area contributed by atoms with Crippen LogP contribution in [0, 0.1) is 5.92 Å². The highest BCUT2D eigenvalue weighted by atomic mass is 16.4. The maximum atomic E-state index is 13.1. The van der Waals surface area contributed by atoms with Gasteiger partial charge in [0.1, 0.15) is 0 Å². The number of carboxylic acid groups (broad SMARTS) is 1.